The Hall–Kier alpha value is -3.47. The summed E-state index contributed by atoms with van der Waals surface area (Å²) in [5.74, 6) is -1.62. The highest BCUT2D eigenvalue weighted by Crippen LogP contribution is 2.22. The standard InChI is InChI=1S/C15H10FN3O4/c16-12-7-11(5-6-14(12)19(21)22)23-9-15(20)18-13-4-2-1-3-10(13)8-17/h1-7H,9H2,(H,18,20). The smallest absolute Gasteiger partial charge is 0.305 e. The molecule has 0 fully saturated rings. The zero-order valence-corrected chi connectivity index (χ0v) is 11.7. The molecule has 0 saturated carbocycles. The van der Waals surface area contributed by atoms with E-state index >= 15 is 0 Å². The monoisotopic (exact) mass is 315 g/mol. The lowest BCUT2D eigenvalue weighted by molar-refractivity contribution is -0.387. The van der Waals surface area contributed by atoms with Crippen LogP contribution in [0.5, 0.6) is 5.75 Å². The van der Waals surface area contributed by atoms with E-state index in [0.29, 0.717) is 11.3 Å². The first-order chi connectivity index (χ1) is 11.0. The average Bonchev–Trinajstić information content (AvgIpc) is 2.53. The summed E-state index contributed by atoms with van der Waals surface area (Å²) in [6.07, 6.45) is 0. The van der Waals surface area contributed by atoms with Gasteiger partial charge in [-0.15, -0.1) is 0 Å². The predicted octanol–water partition coefficient (Wildman–Crippen LogP) is 2.62. The lowest BCUT2D eigenvalue weighted by Gasteiger charge is -2.08. The molecule has 23 heavy (non-hydrogen) atoms. The van der Waals surface area contributed by atoms with Crippen LogP contribution in [0.25, 0.3) is 0 Å². The number of hydrogen-bond donors (Lipinski definition) is 1. The van der Waals surface area contributed by atoms with Gasteiger partial charge in [-0.3, -0.25) is 14.9 Å². The number of rotatable bonds is 5. The molecule has 0 spiro atoms. The van der Waals surface area contributed by atoms with Crippen molar-refractivity contribution in [3.63, 3.8) is 0 Å². The summed E-state index contributed by atoms with van der Waals surface area (Å²) in [4.78, 5) is 21.4. The van der Waals surface area contributed by atoms with Gasteiger partial charge in [-0.25, -0.2) is 0 Å². The van der Waals surface area contributed by atoms with Crippen LogP contribution >= 0.6 is 0 Å². The average molecular weight is 315 g/mol. The van der Waals surface area contributed by atoms with Gasteiger partial charge >= 0.3 is 5.69 Å². The van der Waals surface area contributed by atoms with E-state index in [-0.39, 0.29) is 5.75 Å². The Morgan fingerprint density at radius 2 is 2.09 bits per heavy atom. The molecule has 0 heterocycles. The number of nitrogens with zero attached hydrogens (tertiary/aromatic N) is 2. The van der Waals surface area contributed by atoms with E-state index in [9.17, 15) is 19.3 Å². The number of hydrogen-bond acceptors (Lipinski definition) is 5. The van der Waals surface area contributed by atoms with Crippen molar-refractivity contribution >= 4 is 17.3 Å². The van der Waals surface area contributed by atoms with Gasteiger partial charge in [0.25, 0.3) is 5.91 Å². The Morgan fingerprint density at radius 1 is 1.35 bits per heavy atom. The van der Waals surface area contributed by atoms with Crippen LogP contribution < -0.4 is 10.1 Å². The Balaban J connectivity index is 1.98. The van der Waals surface area contributed by atoms with Crippen molar-refractivity contribution in [2.24, 2.45) is 0 Å². The molecule has 2 aromatic carbocycles. The highest BCUT2D eigenvalue weighted by atomic mass is 19.1. The summed E-state index contributed by atoms with van der Waals surface area (Å²) in [6, 6.07) is 11.3. The van der Waals surface area contributed by atoms with Crippen LogP contribution in [0.4, 0.5) is 15.8 Å². The second-order valence-corrected chi connectivity index (χ2v) is 4.36. The van der Waals surface area contributed by atoms with E-state index in [1.807, 2.05) is 6.07 Å². The molecule has 7 nitrogen and oxygen atoms in total. The fourth-order valence-electron chi connectivity index (χ4n) is 1.75. The second kappa shape index (κ2) is 7.00. The van der Waals surface area contributed by atoms with Gasteiger partial charge in [0.15, 0.2) is 6.61 Å². The first-order valence-electron chi connectivity index (χ1n) is 6.37. The van der Waals surface area contributed by atoms with Gasteiger partial charge < -0.3 is 10.1 Å². The quantitative estimate of drug-likeness (QED) is 0.674. The van der Waals surface area contributed by atoms with Crippen molar-refractivity contribution in [2.45, 2.75) is 0 Å². The lowest BCUT2D eigenvalue weighted by Crippen LogP contribution is -2.20. The molecule has 0 aliphatic carbocycles. The summed E-state index contributed by atoms with van der Waals surface area (Å²) in [7, 11) is 0. The maximum absolute atomic E-state index is 13.4. The van der Waals surface area contributed by atoms with Crippen LogP contribution in [0, 0.1) is 27.3 Å². The van der Waals surface area contributed by atoms with Crippen molar-refractivity contribution in [3.05, 3.63) is 64.0 Å². The van der Waals surface area contributed by atoms with E-state index in [2.05, 4.69) is 5.32 Å². The molecule has 0 aliphatic rings. The topological polar surface area (TPSA) is 105 Å². The molecule has 1 amide bonds. The Bertz CT molecular complexity index is 802. The third-order valence-corrected chi connectivity index (χ3v) is 2.81. The van der Waals surface area contributed by atoms with Crippen LogP contribution in [-0.4, -0.2) is 17.4 Å². The summed E-state index contributed by atoms with van der Waals surface area (Å²) in [5, 5.41) is 21.9. The Morgan fingerprint density at radius 3 is 2.74 bits per heavy atom. The number of amides is 1. The van der Waals surface area contributed by atoms with Crippen LogP contribution in [-0.2, 0) is 4.79 Å². The van der Waals surface area contributed by atoms with Crippen molar-refractivity contribution in [1.29, 1.82) is 5.26 Å². The normalized spacial score (nSPS) is 9.74. The van der Waals surface area contributed by atoms with E-state index in [1.165, 1.54) is 6.07 Å². The van der Waals surface area contributed by atoms with E-state index in [4.69, 9.17) is 10.00 Å². The fourth-order valence-corrected chi connectivity index (χ4v) is 1.75. The van der Waals surface area contributed by atoms with Crippen LogP contribution in [0.3, 0.4) is 0 Å². The number of carbonyl (C=O) groups is 1. The van der Waals surface area contributed by atoms with E-state index in [1.54, 1.807) is 24.3 Å². The molecule has 116 valence electrons. The van der Waals surface area contributed by atoms with E-state index < -0.39 is 28.9 Å². The second-order valence-electron chi connectivity index (χ2n) is 4.36. The largest absolute Gasteiger partial charge is 0.484 e. The molecule has 0 bridgehead atoms. The number of nitro groups is 1. The van der Waals surface area contributed by atoms with E-state index in [0.717, 1.165) is 12.1 Å². The van der Waals surface area contributed by atoms with Crippen molar-refractivity contribution < 1.29 is 18.8 Å². The molecule has 0 aliphatic heterocycles. The molecule has 0 unspecified atom stereocenters. The molecule has 8 heteroatoms. The maximum Gasteiger partial charge on any atom is 0.305 e. The minimum atomic E-state index is -1.05. The summed E-state index contributed by atoms with van der Waals surface area (Å²) < 4.78 is 18.5. The third kappa shape index (κ3) is 4.01. The molecule has 0 aromatic heterocycles. The fraction of sp³-hybridized carbons (Fsp3) is 0.0667. The number of nitriles is 1. The summed E-state index contributed by atoms with van der Waals surface area (Å²) in [5.41, 5.74) is -0.0505. The summed E-state index contributed by atoms with van der Waals surface area (Å²) in [6.45, 7) is -0.434. The number of halogens is 1. The van der Waals surface area contributed by atoms with Crippen LogP contribution in [0.15, 0.2) is 42.5 Å². The summed E-state index contributed by atoms with van der Waals surface area (Å²) >= 11 is 0. The highest BCUT2D eigenvalue weighted by Gasteiger charge is 2.15. The molecule has 2 aromatic rings. The van der Waals surface area contributed by atoms with Crippen molar-refractivity contribution in [1.82, 2.24) is 0 Å². The van der Waals surface area contributed by atoms with Gasteiger partial charge in [0.1, 0.15) is 11.8 Å². The number of anilines is 1. The highest BCUT2D eigenvalue weighted by molar-refractivity contribution is 5.93. The first-order valence-corrected chi connectivity index (χ1v) is 6.37. The van der Waals surface area contributed by atoms with Crippen LogP contribution in [0.1, 0.15) is 5.56 Å². The number of ether oxygens (including phenoxy) is 1. The van der Waals surface area contributed by atoms with Gasteiger partial charge in [0.05, 0.1) is 16.2 Å². The number of carbonyl (C=O) groups excluding carboxylic acids is 1. The Labute approximate surface area is 130 Å². The van der Waals surface area contributed by atoms with Gasteiger partial charge in [0, 0.05) is 12.1 Å². The molecular formula is C15H10FN3O4. The number of para-hydroxylation sites is 1. The molecule has 1 N–H and O–H groups in total. The van der Waals surface area contributed by atoms with Gasteiger partial charge in [0.2, 0.25) is 5.82 Å². The number of nitrogens with one attached hydrogen (secondary N) is 1. The Kier molecular flexibility index (Phi) is 4.84. The third-order valence-electron chi connectivity index (χ3n) is 2.81. The number of benzene rings is 2. The number of nitro benzene ring substituents is 1. The van der Waals surface area contributed by atoms with Gasteiger partial charge in [-0.1, -0.05) is 12.1 Å². The van der Waals surface area contributed by atoms with Gasteiger partial charge in [-0.05, 0) is 18.2 Å². The predicted molar refractivity (Wildman–Crippen MR) is 78.3 cm³/mol. The molecule has 0 radical (unpaired) electrons. The minimum Gasteiger partial charge on any atom is -0.484 e. The maximum atomic E-state index is 13.4. The zero-order valence-electron chi connectivity index (χ0n) is 11.7. The molecular weight excluding hydrogens is 305 g/mol. The lowest BCUT2D eigenvalue weighted by atomic mass is 10.2. The van der Waals surface area contributed by atoms with Crippen molar-refractivity contribution in [3.8, 4) is 11.8 Å². The SMILES string of the molecule is N#Cc1ccccc1NC(=O)COc1ccc([N+](=O)[O-])c(F)c1. The molecule has 0 saturated heterocycles. The van der Waals surface area contributed by atoms with Crippen LogP contribution in [0.2, 0.25) is 0 Å². The minimum absolute atomic E-state index is 0.0168. The molecule has 0 atom stereocenters. The van der Waals surface area contributed by atoms with Gasteiger partial charge in [-0.2, -0.15) is 9.65 Å². The zero-order chi connectivity index (χ0) is 16.8. The molecule has 2 rings (SSSR count). The van der Waals surface area contributed by atoms with Crippen molar-refractivity contribution in [2.75, 3.05) is 11.9 Å². The first kappa shape index (κ1) is 15.9.